The number of hydroxylamine groups is 1. The van der Waals surface area contributed by atoms with Crippen molar-refractivity contribution in [1.29, 1.82) is 0 Å². The standard InChI is InChI=1S/C18H19ClN2O5S/c1-21(25-2)27(23,24)12-7-8-15(19)14(11-12)18(22)20-16-9-10-26-17-6-4-3-5-13(16)17/h3-8,11,16H,9-10H2,1-2H3,(H,20,22)/t16-/m0/s1. The van der Waals surface area contributed by atoms with Gasteiger partial charge < -0.3 is 10.1 Å². The molecule has 0 fully saturated rings. The number of nitrogens with one attached hydrogen (secondary N) is 1. The number of amides is 1. The number of hydrogen-bond donors (Lipinski definition) is 1. The minimum Gasteiger partial charge on any atom is -0.493 e. The van der Waals surface area contributed by atoms with E-state index in [0.29, 0.717) is 17.5 Å². The van der Waals surface area contributed by atoms with Crippen LogP contribution in [0.15, 0.2) is 47.4 Å². The van der Waals surface area contributed by atoms with Gasteiger partial charge in [0.05, 0.1) is 35.2 Å². The van der Waals surface area contributed by atoms with E-state index < -0.39 is 15.9 Å². The average molecular weight is 411 g/mol. The molecule has 27 heavy (non-hydrogen) atoms. The Morgan fingerprint density at radius 3 is 2.78 bits per heavy atom. The van der Waals surface area contributed by atoms with E-state index >= 15 is 0 Å². The quantitative estimate of drug-likeness (QED) is 0.766. The molecule has 1 aliphatic rings. The van der Waals surface area contributed by atoms with Crippen LogP contribution in [-0.4, -0.2) is 39.6 Å². The van der Waals surface area contributed by atoms with Crippen molar-refractivity contribution in [3.63, 3.8) is 0 Å². The first kappa shape index (κ1) is 19.6. The fourth-order valence-electron chi connectivity index (χ4n) is 2.81. The first-order chi connectivity index (χ1) is 12.8. The molecule has 0 spiro atoms. The zero-order valence-corrected chi connectivity index (χ0v) is 16.4. The molecule has 0 bridgehead atoms. The van der Waals surface area contributed by atoms with E-state index in [1.165, 1.54) is 32.4 Å². The van der Waals surface area contributed by atoms with Gasteiger partial charge in [-0.3, -0.25) is 9.63 Å². The second-order valence-corrected chi connectivity index (χ2v) is 8.28. The number of sulfonamides is 1. The van der Waals surface area contributed by atoms with Crippen molar-refractivity contribution in [2.75, 3.05) is 20.8 Å². The van der Waals surface area contributed by atoms with Crippen molar-refractivity contribution in [3.05, 3.63) is 58.6 Å². The van der Waals surface area contributed by atoms with Gasteiger partial charge in [-0.15, -0.1) is 0 Å². The zero-order valence-electron chi connectivity index (χ0n) is 14.8. The van der Waals surface area contributed by atoms with Gasteiger partial charge in [-0.25, -0.2) is 8.42 Å². The van der Waals surface area contributed by atoms with Crippen LogP contribution in [0.4, 0.5) is 0 Å². The van der Waals surface area contributed by atoms with Crippen molar-refractivity contribution >= 4 is 27.5 Å². The van der Waals surface area contributed by atoms with Gasteiger partial charge in [-0.1, -0.05) is 34.3 Å². The topological polar surface area (TPSA) is 84.9 Å². The number of nitrogens with zero attached hydrogens (tertiary/aromatic N) is 1. The predicted octanol–water partition coefficient (Wildman–Crippen LogP) is 2.78. The third kappa shape index (κ3) is 3.93. The van der Waals surface area contributed by atoms with Crippen LogP contribution in [-0.2, 0) is 14.9 Å². The second kappa shape index (κ2) is 7.85. The smallest absolute Gasteiger partial charge is 0.264 e. The number of para-hydroxylation sites is 1. The van der Waals surface area contributed by atoms with Crippen molar-refractivity contribution in [2.24, 2.45) is 0 Å². The van der Waals surface area contributed by atoms with Crippen LogP contribution in [0.2, 0.25) is 5.02 Å². The number of ether oxygens (including phenoxy) is 1. The summed E-state index contributed by atoms with van der Waals surface area (Å²) in [7, 11) is -1.38. The Bertz CT molecular complexity index is 964. The van der Waals surface area contributed by atoms with Gasteiger partial charge in [0.2, 0.25) is 0 Å². The van der Waals surface area contributed by atoms with Crippen LogP contribution < -0.4 is 10.1 Å². The molecule has 1 amide bonds. The summed E-state index contributed by atoms with van der Waals surface area (Å²) in [5, 5.41) is 3.07. The Kier molecular flexibility index (Phi) is 5.71. The molecule has 2 aromatic rings. The summed E-state index contributed by atoms with van der Waals surface area (Å²) in [5.74, 6) is 0.261. The van der Waals surface area contributed by atoms with Gasteiger partial charge in [-0.2, -0.15) is 0 Å². The maximum Gasteiger partial charge on any atom is 0.264 e. The van der Waals surface area contributed by atoms with E-state index in [2.05, 4.69) is 5.32 Å². The summed E-state index contributed by atoms with van der Waals surface area (Å²) in [6.45, 7) is 0.475. The van der Waals surface area contributed by atoms with Crippen LogP contribution in [0.1, 0.15) is 28.4 Å². The van der Waals surface area contributed by atoms with Gasteiger partial charge in [0.1, 0.15) is 5.75 Å². The van der Waals surface area contributed by atoms with Crippen molar-refractivity contribution < 1.29 is 22.8 Å². The Hall–Kier alpha value is -2.13. The maximum absolute atomic E-state index is 12.8. The molecule has 1 heterocycles. The van der Waals surface area contributed by atoms with Crippen molar-refractivity contribution in [1.82, 2.24) is 9.79 Å². The van der Waals surface area contributed by atoms with Gasteiger partial charge >= 0.3 is 0 Å². The SMILES string of the molecule is CON(C)S(=O)(=O)c1ccc(Cl)c(C(=O)N[C@H]2CCOc3ccccc32)c1. The van der Waals surface area contributed by atoms with Gasteiger partial charge in [0.25, 0.3) is 15.9 Å². The number of rotatable bonds is 5. The lowest BCUT2D eigenvalue weighted by molar-refractivity contribution is -0.0258. The number of hydrogen-bond acceptors (Lipinski definition) is 5. The van der Waals surface area contributed by atoms with E-state index in [9.17, 15) is 13.2 Å². The highest BCUT2D eigenvalue weighted by atomic mass is 35.5. The summed E-state index contributed by atoms with van der Waals surface area (Å²) >= 11 is 6.15. The van der Waals surface area contributed by atoms with Gasteiger partial charge in [0.15, 0.2) is 0 Å². The van der Waals surface area contributed by atoms with Crippen molar-refractivity contribution in [3.8, 4) is 5.75 Å². The molecular formula is C18H19ClN2O5S. The Morgan fingerprint density at radius 2 is 2.04 bits per heavy atom. The molecule has 0 radical (unpaired) electrons. The highest BCUT2D eigenvalue weighted by Crippen LogP contribution is 2.32. The molecule has 3 rings (SSSR count). The van der Waals surface area contributed by atoms with Crippen LogP contribution in [0.25, 0.3) is 0 Å². The Balaban J connectivity index is 1.89. The van der Waals surface area contributed by atoms with E-state index in [1.807, 2.05) is 24.3 Å². The number of carbonyl (C=O) groups excluding carboxylic acids is 1. The zero-order chi connectivity index (χ0) is 19.6. The highest BCUT2D eigenvalue weighted by Gasteiger charge is 2.26. The lowest BCUT2D eigenvalue weighted by Crippen LogP contribution is -2.32. The molecule has 9 heteroatoms. The monoisotopic (exact) mass is 410 g/mol. The van der Waals surface area contributed by atoms with Crippen LogP contribution in [0.5, 0.6) is 5.75 Å². The highest BCUT2D eigenvalue weighted by molar-refractivity contribution is 7.89. The normalized spacial score (nSPS) is 16.5. The summed E-state index contributed by atoms with van der Waals surface area (Å²) in [5.41, 5.74) is 0.947. The minimum absolute atomic E-state index is 0.0752. The lowest BCUT2D eigenvalue weighted by Gasteiger charge is -2.26. The van der Waals surface area contributed by atoms with Crippen LogP contribution in [0, 0.1) is 0 Å². The molecule has 0 saturated heterocycles. The Labute approximate surface area is 162 Å². The first-order valence-corrected chi connectivity index (χ1v) is 10.0. The summed E-state index contributed by atoms with van der Waals surface area (Å²) in [4.78, 5) is 17.5. The molecule has 1 aliphatic heterocycles. The number of fused-ring (bicyclic) bond motifs is 1. The molecule has 144 valence electrons. The van der Waals surface area contributed by atoms with Crippen molar-refractivity contribution in [2.45, 2.75) is 17.4 Å². The summed E-state index contributed by atoms with van der Waals surface area (Å²) < 4.78 is 31.1. The summed E-state index contributed by atoms with van der Waals surface area (Å²) in [6, 6.07) is 11.2. The molecule has 0 unspecified atom stereocenters. The third-order valence-electron chi connectivity index (χ3n) is 4.34. The van der Waals surface area contributed by atoms with Crippen LogP contribution >= 0.6 is 11.6 Å². The molecule has 7 nitrogen and oxygen atoms in total. The van der Waals surface area contributed by atoms with Gasteiger partial charge in [0, 0.05) is 19.0 Å². The second-order valence-electron chi connectivity index (χ2n) is 5.94. The molecular weight excluding hydrogens is 392 g/mol. The maximum atomic E-state index is 12.8. The predicted molar refractivity (Wildman–Crippen MR) is 100 cm³/mol. The van der Waals surface area contributed by atoms with E-state index in [-0.39, 0.29) is 21.5 Å². The fourth-order valence-corrected chi connectivity index (χ4v) is 4.02. The fraction of sp³-hybridized carbons (Fsp3) is 0.278. The molecule has 0 saturated carbocycles. The Morgan fingerprint density at radius 1 is 1.30 bits per heavy atom. The van der Waals surface area contributed by atoms with E-state index in [1.54, 1.807) is 0 Å². The number of halogens is 1. The third-order valence-corrected chi connectivity index (χ3v) is 6.35. The molecule has 0 aliphatic carbocycles. The number of carbonyl (C=O) groups is 1. The van der Waals surface area contributed by atoms with E-state index in [0.717, 1.165) is 11.3 Å². The van der Waals surface area contributed by atoms with Gasteiger partial charge in [-0.05, 0) is 24.3 Å². The van der Waals surface area contributed by atoms with Crippen LogP contribution in [0.3, 0.4) is 0 Å². The molecule has 1 atom stereocenters. The largest absolute Gasteiger partial charge is 0.493 e. The van der Waals surface area contributed by atoms with E-state index in [4.69, 9.17) is 21.2 Å². The molecule has 1 N–H and O–H groups in total. The molecule has 0 aromatic heterocycles. The average Bonchev–Trinajstić information content (AvgIpc) is 2.67. The first-order valence-electron chi connectivity index (χ1n) is 8.19. The molecule has 2 aromatic carbocycles. The lowest BCUT2D eigenvalue weighted by atomic mass is 10.00. The minimum atomic E-state index is -3.89. The number of benzene rings is 2. The summed E-state index contributed by atoms with van der Waals surface area (Å²) in [6.07, 6.45) is 0.602.